The largest absolute Gasteiger partial charge is 0.387 e. The average molecular weight is 400 g/mol. The van der Waals surface area contributed by atoms with Crippen LogP contribution in [0.1, 0.15) is 11.1 Å². The second-order valence-electron chi connectivity index (χ2n) is 7.08. The highest BCUT2D eigenvalue weighted by molar-refractivity contribution is 5.15. The molecule has 1 saturated carbocycles. The normalized spacial score (nSPS) is 29.5. The number of hydrogen-bond donors (Lipinski definition) is 3. The van der Waals surface area contributed by atoms with Crippen LogP contribution in [0.25, 0.3) is 0 Å². The van der Waals surface area contributed by atoms with Crippen molar-refractivity contribution in [2.24, 2.45) is 0 Å². The molecule has 6 atom stereocenters. The standard InChI is InChI=1S/C23H28O6/c1-2-13-27-21-18(24)22(28-14-16-9-5-3-6-10-16)20(26)23(19(21)25)29-15-17-11-7-4-8-12-17/h2-12,18-26H,1,13-15H2/t18-,19+,20?,21?,22-,23-/m0/s1. The van der Waals surface area contributed by atoms with Crippen molar-refractivity contribution in [1.29, 1.82) is 0 Å². The first-order valence-electron chi connectivity index (χ1n) is 9.69. The third kappa shape index (κ3) is 5.51. The van der Waals surface area contributed by atoms with Gasteiger partial charge in [0.15, 0.2) is 0 Å². The lowest BCUT2D eigenvalue weighted by molar-refractivity contribution is -0.258. The number of aliphatic hydroxyl groups is 3. The molecule has 0 aliphatic heterocycles. The Labute approximate surface area is 171 Å². The van der Waals surface area contributed by atoms with Crippen molar-refractivity contribution < 1.29 is 29.5 Å². The molecule has 2 unspecified atom stereocenters. The minimum atomic E-state index is -1.23. The maximum atomic E-state index is 10.8. The van der Waals surface area contributed by atoms with Gasteiger partial charge in [-0.05, 0) is 11.1 Å². The molecule has 0 aromatic heterocycles. The second kappa shape index (κ2) is 10.6. The van der Waals surface area contributed by atoms with Gasteiger partial charge in [-0.3, -0.25) is 0 Å². The molecule has 29 heavy (non-hydrogen) atoms. The molecule has 0 heterocycles. The van der Waals surface area contributed by atoms with Gasteiger partial charge in [0, 0.05) is 0 Å². The van der Waals surface area contributed by atoms with Crippen LogP contribution < -0.4 is 0 Å². The highest BCUT2D eigenvalue weighted by Gasteiger charge is 2.51. The van der Waals surface area contributed by atoms with Gasteiger partial charge in [0.25, 0.3) is 0 Å². The first kappa shape index (κ1) is 21.6. The average Bonchev–Trinajstić information content (AvgIpc) is 2.75. The Balaban J connectivity index is 1.73. The molecule has 2 aromatic carbocycles. The van der Waals surface area contributed by atoms with Crippen molar-refractivity contribution in [3.05, 3.63) is 84.4 Å². The molecular formula is C23H28O6. The maximum absolute atomic E-state index is 10.8. The zero-order chi connectivity index (χ0) is 20.6. The van der Waals surface area contributed by atoms with Gasteiger partial charge in [0.05, 0.1) is 19.8 Å². The zero-order valence-electron chi connectivity index (χ0n) is 16.2. The smallest absolute Gasteiger partial charge is 0.115 e. The molecule has 1 fully saturated rings. The van der Waals surface area contributed by atoms with Gasteiger partial charge < -0.3 is 29.5 Å². The van der Waals surface area contributed by atoms with E-state index in [0.717, 1.165) is 11.1 Å². The third-order valence-corrected chi connectivity index (χ3v) is 5.00. The minimum absolute atomic E-state index is 0.145. The zero-order valence-corrected chi connectivity index (χ0v) is 16.2. The molecule has 0 radical (unpaired) electrons. The molecule has 2 aromatic rings. The van der Waals surface area contributed by atoms with Crippen LogP contribution in [-0.2, 0) is 27.4 Å². The fourth-order valence-corrected chi connectivity index (χ4v) is 3.47. The molecule has 0 amide bonds. The summed E-state index contributed by atoms with van der Waals surface area (Å²) in [4.78, 5) is 0. The number of benzene rings is 2. The Morgan fingerprint density at radius 3 is 1.41 bits per heavy atom. The van der Waals surface area contributed by atoms with Crippen LogP contribution in [0.4, 0.5) is 0 Å². The van der Waals surface area contributed by atoms with Crippen molar-refractivity contribution in [2.75, 3.05) is 6.61 Å². The van der Waals surface area contributed by atoms with E-state index in [2.05, 4.69) is 6.58 Å². The number of aliphatic hydroxyl groups excluding tert-OH is 3. The minimum Gasteiger partial charge on any atom is -0.387 e. The first-order valence-corrected chi connectivity index (χ1v) is 9.69. The van der Waals surface area contributed by atoms with E-state index >= 15 is 0 Å². The number of rotatable bonds is 9. The van der Waals surface area contributed by atoms with Gasteiger partial charge in [-0.25, -0.2) is 0 Å². The van der Waals surface area contributed by atoms with Crippen molar-refractivity contribution in [3.8, 4) is 0 Å². The van der Waals surface area contributed by atoms with Crippen LogP contribution in [0, 0.1) is 0 Å². The highest BCUT2D eigenvalue weighted by Crippen LogP contribution is 2.29. The summed E-state index contributed by atoms with van der Waals surface area (Å²) in [7, 11) is 0. The van der Waals surface area contributed by atoms with Crippen LogP contribution in [0.15, 0.2) is 73.3 Å². The van der Waals surface area contributed by atoms with Crippen LogP contribution in [0.3, 0.4) is 0 Å². The molecule has 3 rings (SSSR count). The van der Waals surface area contributed by atoms with Crippen LogP contribution in [0.5, 0.6) is 0 Å². The summed E-state index contributed by atoms with van der Waals surface area (Å²) in [6, 6.07) is 18.9. The molecule has 0 spiro atoms. The number of ether oxygens (including phenoxy) is 3. The predicted molar refractivity (Wildman–Crippen MR) is 108 cm³/mol. The first-order chi connectivity index (χ1) is 14.1. The van der Waals surface area contributed by atoms with Crippen molar-refractivity contribution in [1.82, 2.24) is 0 Å². The fourth-order valence-electron chi connectivity index (χ4n) is 3.47. The monoisotopic (exact) mass is 400 g/mol. The summed E-state index contributed by atoms with van der Waals surface area (Å²) in [5, 5.41) is 32.3. The Morgan fingerprint density at radius 1 is 0.655 bits per heavy atom. The summed E-state index contributed by atoms with van der Waals surface area (Å²) in [6.07, 6.45) is -5.07. The summed E-state index contributed by atoms with van der Waals surface area (Å²) < 4.78 is 17.3. The van der Waals surface area contributed by atoms with Crippen LogP contribution in [0.2, 0.25) is 0 Å². The molecule has 1 aliphatic carbocycles. The number of hydrogen-bond acceptors (Lipinski definition) is 6. The van der Waals surface area contributed by atoms with Gasteiger partial charge >= 0.3 is 0 Å². The molecule has 6 nitrogen and oxygen atoms in total. The van der Waals surface area contributed by atoms with Crippen molar-refractivity contribution in [2.45, 2.75) is 49.8 Å². The van der Waals surface area contributed by atoms with E-state index in [-0.39, 0.29) is 19.8 Å². The summed E-state index contributed by atoms with van der Waals surface area (Å²) in [6.45, 7) is 4.15. The van der Waals surface area contributed by atoms with Gasteiger partial charge in [-0.15, -0.1) is 6.58 Å². The molecule has 0 saturated heterocycles. The Kier molecular flexibility index (Phi) is 7.94. The van der Waals surface area contributed by atoms with Crippen molar-refractivity contribution in [3.63, 3.8) is 0 Å². The van der Waals surface area contributed by atoms with Gasteiger partial charge in [-0.2, -0.15) is 0 Å². The summed E-state index contributed by atoms with van der Waals surface area (Å²) in [5.74, 6) is 0. The molecule has 6 heteroatoms. The van der Waals surface area contributed by atoms with E-state index < -0.39 is 36.6 Å². The molecular weight excluding hydrogens is 372 g/mol. The van der Waals surface area contributed by atoms with E-state index in [4.69, 9.17) is 14.2 Å². The summed E-state index contributed by atoms with van der Waals surface area (Å²) in [5.41, 5.74) is 1.81. The van der Waals surface area contributed by atoms with Gasteiger partial charge in [0.1, 0.15) is 36.6 Å². The lowest BCUT2D eigenvalue weighted by atomic mass is 9.84. The molecule has 1 aliphatic rings. The van der Waals surface area contributed by atoms with Gasteiger partial charge in [0.2, 0.25) is 0 Å². The van der Waals surface area contributed by atoms with E-state index in [1.165, 1.54) is 6.08 Å². The van der Waals surface area contributed by atoms with Gasteiger partial charge in [-0.1, -0.05) is 66.7 Å². The lowest BCUT2D eigenvalue weighted by Crippen LogP contribution is -2.65. The van der Waals surface area contributed by atoms with E-state index in [1.54, 1.807) is 0 Å². The second-order valence-corrected chi connectivity index (χ2v) is 7.08. The third-order valence-electron chi connectivity index (χ3n) is 5.00. The predicted octanol–water partition coefficient (Wildman–Crippen LogP) is 1.82. The molecule has 3 N–H and O–H groups in total. The highest BCUT2D eigenvalue weighted by atomic mass is 16.6. The Bertz CT molecular complexity index is 680. The lowest BCUT2D eigenvalue weighted by Gasteiger charge is -2.45. The maximum Gasteiger partial charge on any atom is 0.115 e. The van der Waals surface area contributed by atoms with E-state index in [0.29, 0.717) is 0 Å². The van der Waals surface area contributed by atoms with Crippen LogP contribution >= 0.6 is 0 Å². The Morgan fingerprint density at radius 2 is 1.03 bits per heavy atom. The van der Waals surface area contributed by atoms with Crippen LogP contribution in [-0.4, -0.2) is 58.6 Å². The quantitative estimate of drug-likeness (QED) is 0.557. The van der Waals surface area contributed by atoms with E-state index in [1.807, 2.05) is 60.7 Å². The summed E-state index contributed by atoms with van der Waals surface area (Å²) >= 11 is 0. The van der Waals surface area contributed by atoms with Crippen molar-refractivity contribution >= 4 is 0 Å². The topological polar surface area (TPSA) is 88.4 Å². The molecule has 0 bridgehead atoms. The Hall–Kier alpha value is -2.06. The van der Waals surface area contributed by atoms with E-state index in [9.17, 15) is 15.3 Å². The molecule has 156 valence electrons. The SMILES string of the molecule is C=CCOC1[C@@H](O)[C@H](OCc2ccccc2)C(O)[C@@H](OCc2ccccc2)[C@H]1O. The fraction of sp³-hybridized carbons (Fsp3) is 0.391.